The second kappa shape index (κ2) is 7.22. The van der Waals surface area contributed by atoms with Crippen LogP contribution in [0, 0.1) is 11.3 Å². The van der Waals surface area contributed by atoms with Crippen LogP contribution < -0.4 is 4.72 Å². The first-order chi connectivity index (χ1) is 11.6. The van der Waals surface area contributed by atoms with Gasteiger partial charge in [0.25, 0.3) is 0 Å². The lowest BCUT2D eigenvalue weighted by molar-refractivity contribution is 0.0226. The third kappa shape index (κ3) is 4.86. The van der Waals surface area contributed by atoms with E-state index in [2.05, 4.69) is 10.8 Å². The van der Waals surface area contributed by atoms with Crippen molar-refractivity contribution in [2.45, 2.75) is 52.7 Å². The lowest BCUT2D eigenvalue weighted by atomic mass is 10.0. The monoisotopic (exact) mass is 385 g/mol. The van der Waals surface area contributed by atoms with E-state index >= 15 is 0 Å². The summed E-state index contributed by atoms with van der Waals surface area (Å²) in [4.78, 5) is 14.6. The number of rotatable bonds is 4. The fraction of sp³-hybridized carbons (Fsp3) is 0.625. The van der Waals surface area contributed by atoms with Crippen molar-refractivity contribution in [2.24, 2.45) is 0 Å². The van der Waals surface area contributed by atoms with Gasteiger partial charge in [-0.1, -0.05) is 6.92 Å². The van der Waals surface area contributed by atoms with Crippen LogP contribution in [0.5, 0.6) is 0 Å². The molecule has 2 heterocycles. The maximum absolute atomic E-state index is 12.2. The number of hydrogen-bond donors (Lipinski definition) is 1. The molecule has 0 saturated carbocycles. The fourth-order valence-electron chi connectivity index (χ4n) is 2.54. The maximum Gasteiger partial charge on any atom is 0.410 e. The highest BCUT2D eigenvalue weighted by Gasteiger charge is 2.30. The van der Waals surface area contributed by atoms with Crippen molar-refractivity contribution >= 4 is 32.5 Å². The zero-order chi connectivity index (χ0) is 18.8. The van der Waals surface area contributed by atoms with E-state index in [0.29, 0.717) is 36.5 Å². The molecule has 138 valence electrons. The number of carbonyl (C=O) groups excluding carboxylic acids is 1. The molecule has 1 aliphatic rings. The molecule has 1 aliphatic heterocycles. The molecule has 1 aromatic heterocycles. The third-order valence-corrected chi connectivity index (χ3v) is 6.26. The normalized spacial score (nSPS) is 14.6. The van der Waals surface area contributed by atoms with Gasteiger partial charge in [0.1, 0.15) is 16.7 Å². The van der Waals surface area contributed by atoms with Gasteiger partial charge in [-0.2, -0.15) is 5.26 Å². The minimum Gasteiger partial charge on any atom is -0.444 e. The molecule has 9 heteroatoms. The Morgan fingerprint density at radius 1 is 1.44 bits per heavy atom. The number of thiophene rings is 1. The zero-order valence-electron chi connectivity index (χ0n) is 14.9. The van der Waals surface area contributed by atoms with Gasteiger partial charge < -0.3 is 9.64 Å². The molecule has 0 saturated heterocycles. The molecule has 0 unspecified atom stereocenters. The fourth-order valence-corrected chi connectivity index (χ4v) is 5.17. The van der Waals surface area contributed by atoms with Gasteiger partial charge in [-0.15, -0.1) is 11.3 Å². The molecular weight excluding hydrogens is 362 g/mol. The molecule has 0 aromatic carbocycles. The average molecular weight is 386 g/mol. The number of amides is 1. The summed E-state index contributed by atoms with van der Waals surface area (Å²) in [6.45, 7) is 7.95. The van der Waals surface area contributed by atoms with Gasteiger partial charge in [-0.3, -0.25) is 4.72 Å². The van der Waals surface area contributed by atoms with Crippen LogP contribution in [-0.4, -0.2) is 37.3 Å². The predicted molar refractivity (Wildman–Crippen MR) is 97.1 cm³/mol. The summed E-state index contributed by atoms with van der Waals surface area (Å²) in [7, 11) is -3.47. The zero-order valence-corrected chi connectivity index (χ0v) is 16.5. The Bertz CT molecular complexity index is 801. The van der Waals surface area contributed by atoms with E-state index in [0.717, 1.165) is 10.4 Å². The van der Waals surface area contributed by atoms with Crippen molar-refractivity contribution in [3.05, 3.63) is 16.0 Å². The summed E-state index contributed by atoms with van der Waals surface area (Å²) in [6.07, 6.45) is 0.594. The Balaban J connectivity index is 2.24. The Kier molecular flexibility index (Phi) is 5.64. The van der Waals surface area contributed by atoms with Crippen LogP contribution in [0.2, 0.25) is 0 Å². The number of nitriles is 1. The van der Waals surface area contributed by atoms with Gasteiger partial charge in [-0.05, 0) is 39.2 Å². The van der Waals surface area contributed by atoms with E-state index in [1.807, 2.05) is 0 Å². The van der Waals surface area contributed by atoms with Gasteiger partial charge in [0.2, 0.25) is 10.0 Å². The first-order valence-corrected chi connectivity index (χ1v) is 10.6. The Morgan fingerprint density at radius 3 is 2.68 bits per heavy atom. The average Bonchev–Trinajstić information content (AvgIpc) is 2.80. The summed E-state index contributed by atoms with van der Waals surface area (Å²) in [5, 5.41) is 9.77. The van der Waals surface area contributed by atoms with E-state index in [1.165, 1.54) is 11.3 Å². The van der Waals surface area contributed by atoms with Gasteiger partial charge >= 0.3 is 6.09 Å². The highest BCUT2D eigenvalue weighted by Crippen LogP contribution is 2.37. The Hall–Kier alpha value is -1.79. The molecule has 25 heavy (non-hydrogen) atoms. The van der Waals surface area contributed by atoms with Crippen LogP contribution in [0.1, 0.15) is 50.1 Å². The topological polar surface area (TPSA) is 99.5 Å². The van der Waals surface area contributed by atoms with Crippen LogP contribution in [-0.2, 0) is 27.7 Å². The van der Waals surface area contributed by atoms with Crippen LogP contribution in [0.4, 0.5) is 9.80 Å². The molecule has 0 aliphatic carbocycles. The molecule has 1 N–H and O–H groups in total. The number of carbonyl (C=O) groups is 1. The molecule has 1 aromatic rings. The van der Waals surface area contributed by atoms with Crippen molar-refractivity contribution in [1.82, 2.24) is 4.90 Å². The standard InChI is InChI=1S/C16H23N3O4S2/c1-5-8-25(21,22)18-14-12(9-17)11-6-7-19(10-13(11)24-14)15(20)23-16(2,3)4/h18H,5-8,10H2,1-4H3. The first-order valence-electron chi connectivity index (χ1n) is 8.09. The summed E-state index contributed by atoms with van der Waals surface area (Å²) >= 11 is 1.22. The second-order valence-electron chi connectivity index (χ2n) is 6.89. The van der Waals surface area contributed by atoms with Crippen molar-refractivity contribution in [3.8, 4) is 6.07 Å². The third-order valence-electron chi connectivity index (χ3n) is 3.54. The van der Waals surface area contributed by atoms with Crippen LogP contribution in [0.15, 0.2) is 0 Å². The Labute approximate surface area is 152 Å². The van der Waals surface area contributed by atoms with Gasteiger partial charge in [-0.25, -0.2) is 13.2 Å². The van der Waals surface area contributed by atoms with E-state index in [9.17, 15) is 18.5 Å². The molecule has 1 amide bonds. The van der Waals surface area contributed by atoms with Gasteiger partial charge in [0.15, 0.2) is 0 Å². The lowest BCUT2D eigenvalue weighted by Crippen LogP contribution is -2.39. The van der Waals surface area contributed by atoms with Crippen LogP contribution in [0.3, 0.4) is 0 Å². The second-order valence-corrected chi connectivity index (χ2v) is 9.84. The number of fused-ring (bicyclic) bond motifs is 1. The van der Waals surface area contributed by atoms with E-state index < -0.39 is 21.7 Å². The number of nitrogens with one attached hydrogen (secondary N) is 1. The quantitative estimate of drug-likeness (QED) is 0.858. The summed E-state index contributed by atoms with van der Waals surface area (Å²) in [5.41, 5.74) is 0.607. The van der Waals surface area contributed by atoms with Gasteiger partial charge in [0.05, 0.1) is 17.9 Å². The number of hydrogen-bond acceptors (Lipinski definition) is 6. The number of sulfonamides is 1. The van der Waals surface area contributed by atoms with Crippen molar-refractivity contribution < 1.29 is 17.9 Å². The smallest absolute Gasteiger partial charge is 0.410 e. The number of nitrogens with zero attached hydrogens (tertiary/aromatic N) is 2. The van der Waals surface area contributed by atoms with Crippen LogP contribution in [0.25, 0.3) is 0 Å². The molecule has 0 atom stereocenters. The number of ether oxygens (including phenoxy) is 1. The van der Waals surface area contributed by atoms with Crippen molar-refractivity contribution in [3.63, 3.8) is 0 Å². The molecule has 0 bridgehead atoms. The van der Waals surface area contributed by atoms with E-state index in [1.54, 1.807) is 32.6 Å². The maximum atomic E-state index is 12.2. The highest BCUT2D eigenvalue weighted by molar-refractivity contribution is 7.92. The molecule has 2 rings (SSSR count). The molecule has 0 fully saturated rings. The van der Waals surface area contributed by atoms with Gasteiger partial charge in [0, 0.05) is 11.4 Å². The van der Waals surface area contributed by atoms with Crippen LogP contribution >= 0.6 is 11.3 Å². The van der Waals surface area contributed by atoms with E-state index in [-0.39, 0.29) is 5.75 Å². The van der Waals surface area contributed by atoms with E-state index in [4.69, 9.17) is 4.74 Å². The minimum absolute atomic E-state index is 0.00443. The molecular formula is C16H23N3O4S2. The number of anilines is 1. The lowest BCUT2D eigenvalue weighted by Gasteiger charge is -2.29. The summed E-state index contributed by atoms with van der Waals surface area (Å²) < 4.78 is 31.9. The Morgan fingerprint density at radius 2 is 2.12 bits per heavy atom. The highest BCUT2D eigenvalue weighted by atomic mass is 32.2. The molecule has 0 spiro atoms. The largest absolute Gasteiger partial charge is 0.444 e. The molecule has 0 radical (unpaired) electrons. The minimum atomic E-state index is -3.47. The summed E-state index contributed by atoms with van der Waals surface area (Å²) in [6, 6.07) is 2.10. The summed E-state index contributed by atoms with van der Waals surface area (Å²) in [5.74, 6) is 0.00443. The molecule has 7 nitrogen and oxygen atoms in total. The van der Waals surface area contributed by atoms with Crippen molar-refractivity contribution in [1.29, 1.82) is 5.26 Å². The first kappa shape index (κ1) is 19.5. The predicted octanol–water partition coefficient (Wildman–Crippen LogP) is 3.06. The van der Waals surface area contributed by atoms with Crippen molar-refractivity contribution in [2.75, 3.05) is 17.0 Å². The SMILES string of the molecule is CCCS(=O)(=O)Nc1sc2c(c1C#N)CCN(C(=O)OC(C)(C)C)C2.